The van der Waals surface area contributed by atoms with E-state index in [1.807, 2.05) is 34.0 Å². The quantitative estimate of drug-likeness (QED) is 0.795. The Balaban J connectivity index is 2.89. The van der Waals surface area contributed by atoms with Crippen LogP contribution >= 0.6 is 33.9 Å². The molecule has 0 atom stereocenters. The lowest BCUT2D eigenvalue weighted by Gasteiger charge is -2.03. The molecule has 0 aliphatic rings. The number of fused-ring (bicyclic) bond motifs is 1. The molecule has 2 rings (SSSR count). The minimum absolute atomic E-state index is 0.0134. The second kappa shape index (κ2) is 3.39. The highest BCUT2D eigenvalue weighted by Crippen LogP contribution is 2.34. The normalized spacial score (nSPS) is 10.6. The second-order valence-electron chi connectivity index (χ2n) is 2.73. The van der Waals surface area contributed by atoms with Crippen LogP contribution in [0.15, 0.2) is 17.5 Å². The summed E-state index contributed by atoms with van der Waals surface area (Å²) in [6.07, 6.45) is 0. The number of hydrogen-bond donors (Lipinski definition) is 2. The number of carboxylic acids is 1. The molecule has 5 heteroatoms. The van der Waals surface area contributed by atoms with E-state index < -0.39 is 5.97 Å². The lowest BCUT2D eigenvalue weighted by Crippen LogP contribution is -1.99. The van der Waals surface area contributed by atoms with Gasteiger partial charge in [0.1, 0.15) is 11.3 Å². The number of phenols is 1. The predicted octanol–water partition coefficient (Wildman–Crippen LogP) is 2.91. The Morgan fingerprint density at radius 2 is 2.21 bits per heavy atom. The summed E-state index contributed by atoms with van der Waals surface area (Å²) in [5.41, 5.74) is -0.0134. The molecule has 2 aromatic rings. The molecule has 3 nitrogen and oxygen atoms in total. The first-order valence-corrected chi connectivity index (χ1v) is 5.69. The molecule has 1 aromatic carbocycles. The van der Waals surface area contributed by atoms with Gasteiger partial charge in [0.15, 0.2) is 0 Å². The molecule has 0 amide bonds. The van der Waals surface area contributed by atoms with Crippen LogP contribution in [0.4, 0.5) is 0 Å². The van der Waals surface area contributed by atoms with Crippen molar-refractivity contribution in [2.24, 2.45) is 0 Å². The van der Waals surface area contributed by atoms with Gasteiger partial charge in [-0.15, -0.1) is 11.3 Å². The van der Waals surface area contributed by atoms with Gasteiger partial charge in [0, 0.05) is 8.27 Å². The van der Waals surface area contributed by atoms with Crippen molar-refractivity contribution < 1.29 is 15.0 Å². The number of carboxylic acid groups (broad SMARTS) is 1. The molecular formula is C9H5IO3S. The third kappa shape index (κ3) is 1.36. The summed E-state index contributed by atoms with van der Waals surface area (Å²) in [5.74, 6) is -1.27. The number of carbonyl (C=O) groups is 1. The second-order valence-corrected chi connectivity index (χ2v) is 4.72. The SMILES string of the molecule is O=C(O)c1c(O)cc2ccsc2c1I. The number of thiophene rings is 1. The molecule has 2 N–H and O–H groups in total. The number of hydrogen-bond acceptors (Lipinski definition) is 3. The predicted molar refractivity (Wildman–Crippen MR) is 63.2 cm³/mol. The van der Waals surface area contributed by atoms with E-state index in [9.17, 15) is 9.90 Å². The van der Waals surface area contributed by atoms with Crippen LogP contribution in [0.2, 0.25) is 0 Å². The lowest BCUT2D eigenvalue weighted by atomic mass is 10.1. The van der Waals surface area contributed by atoms with E-state index in [1.54, 1.807) is 0 Å². The molecule has 0 aliphatic carbocycles. The van der Waals surface area contributed by atoms with E-state index in [0.717, 1.165) is 10.1 Å². The standard InChI is InChI=1S/C9H5IO3S/c10-7-6(9(12)13)5(11)3-4-1-2-14-8(4)7/h1-3,11H,(H,12,13). The van der Waals surface area contributed by atoms with Gasteiger partial charge >= 0.3 is 5.97 Å². The van der Waals surface area contributed by atoms with Gasteiger partial charge in [0.2, 0.25) is 0 Å². The summed E-state index contributed by atoms with van der Waals surface area (Å²) < 4.78 is 1.50. The maximum atomic E-state index is 10.8. The summed E-state index contributed by atoms with van der Waals surface area (Å²) in [6, 6.07) is 3.34. The number of aromatic hydroxyl groups is 1. The van der Waals surface area contributed by atoms with E-state index in [0.29, 0.717) is 3.57 Å². The van der Waals surface area contributed by atoms with Crippen LogP contribution in [0.25, 0.3) is 10.1 Å². The van der Waals surface area contributed by atoms with E-state index >= 15 is 0 Å². The molecule has 1 aromatic heterocycles. The first kappa shape index (κ1) is 9.72. The summed E-state index contributed by atoms with van der Waals surface area (Å²) in [6.45, 7) is 0. The summed E-state index contributed by atoms with van der Waals surface area (Å²) >= 11 is 3.42. The highest BCUT2D eigenvalue weighted by molar-refractivity contribution is 14.1. The number of benzene rings is 1. The third-order valence-corrected chi connectivity index (χ3v) is 4.27. The Morgan fingerprint density at radius 1 is 1.50 bits per heavy atom. The first-order chi connectivity index (χ1) is 6.61. The topological polar surface area (TPSA) is 57.5 Å². The van der Waals surface area contributed by atoms with E-state index in [4.69, 9.17) is 5.11 Å². The highest BCUT2D eigenvalue weighted by atomic mass is 127. The zero-order chi connectivity index (χ0) is 10.3. The van der Waals surface area contributed by atoms with Crippen LogP contribution in [0, 0.1) is 3.57 Å². The number of halogens is 1. The van der Waals surface area contributed by atoms with Crippen LogP contribution in [0.1, 0.15) is 10.4 Å². The molecule has 0 fully saturated rings. The summed E-state index contributed by atoms with van der Waals surface area (Å²) in [5, 5.41) is 21.1. The molecule has 0 saturated carbocycles. The van der Waals surface area contributed by atoms with Crippen LogP contribution in [-0.2, 0) is 0 Å². The molecule has 0 bridgehead atoms. The van der Waals surface area contributed by atoms with Crippen molar-refractivity contribution in [2.75, 3.05) is 0 Å². The maximum Gasteiger partial charge on any atom is 0.340 e. The molecule has 0 radical (unpaired) electrons. The van der Waals surface area contributed by atoms with Crippen molar-refractivity contribution in [3.63, 3.8) is 0 Å². The van der Waals surface area contributed by atoms with Gasteiger partial charge in [-0.05, 0) is 45.5 Å². The van der Waals surface area contributed by atoms with Gasteiger partial charge in [-0.3, -0.25) is 0 Å². The average Bonchev–Trinajstić information content (AvgIpc) is 2.50. The van der Waals surface area contributed by atoms with Crippen molar-refractivity contribution in [1.82, 2.24) is 0 Å². The van der Waals surface area contributed by atoms with Gasteiger partial charge in [-0.1, -0.05) is 0 Å². The van der Waals surface area contributed by atoms with Crippen LogP contribution in [0.3, 0.4) is 0 Å². The lowest BCUT2D eigenvalue weighted by molar-refractivity contribution is 0.0693. The van der Waals surface area contributed by atoms with Gasteiger partial charge < -0.3 is 10.2 Å². The molecule has 0 aliphatic heterocycles. The zero-order valence-electron chi connectivity index (χ0n) is 6.82. The minimum atomic E-state index is -1.10. The molecule has 1 heterocycles. The van der Waals surface area contributed by atoms with Gasteiger partial charge in [0.25, 0.3) is 0 Å². The zero-order valence-corrected chi connectivity index (χ0v) is 9.79. The number of aromatic carboxylic acids is 1. The molecule has 0 saturated heterocycles. The minimum Gasteiger partial charge on any atom is -0.507 e. The maximum absolute atomic E-state index is 10.8. The smallest absolute Gasteiger partial charge is 0.340 e. The first-order valence-electron chi connectivity index (χ1n) is 3.73. The van der Waals surface area contributed by atoms with Gasteiger partial charge in [-0.25, -0.2) is 4.79 Å². The van der Waals surface area contributed by atoms with Crippen molar-refractivity contribution in [2.45, 2.75) is 0 Å². The third-order valence-electron chi connectivity index (χ3n) is 1.88. The number of rotatable bonds is 1. The summed E-state index contributed by atoms with van der Waals surface area (Å²) in [7, 11) is 0. The Hall–Kier alpha value is -0.820. The Labute approximate surface area is 97.1 Å². The van der Waals surface area contributed by atoms with Gasteiger partial charge in [0.05, 0.1) is 0 Å². The van der Waals surface area contributed by atoms with Crippen molar-refractivity contribution in [1.29, 1.82) is 0 Å². The summed E-state index contributed by atoms with van der Waals surface area (Å²) in [4.78, 5) is 10.8. The van der Waals surface area contributed by atoms with Crippen molar-refractivity contribution in [3.05, 3.63) is 26.6 Å². The Bertz CT molecular complexity index is 518. The fourth-order valence-corrected chi connectivity index (χ4v) is 3.28. The monoisotopic (exact) mass is 320 g/mol. The van der Waals surface area contributed by atoms with Crippen LogP contribution < -0.4 is 0 Å². The molecular weight excluding hydrogens is 315 g/mol. The molecule has 0 unspecified atom stereocenters. The highest BCUT2D eigenvalue weighted by Gasteiger charge is 2.17. The van der Waals surface area contributed by atoms with E-state index in [1.165, 1.54) is 17.4 Å². The Kier molecular flexibility index (Phi) is 2.36. The van der Waals surface area contributed by atoms with Crippen LogP contribution in [0.5, 0.6) is 5.75 Å². The molecule has 0 spiro atoms. The Morgan fingerprint density at radius 3 is 2.86 bits per heavy atom. The van der Waals surface area contributed by atoms with E-state index in [2.05, 4.69) is 0 Å². The molecule has 14 heavy (non-hydrogen) atoms. The fraction of sp³-hybridized carbons (Fsp3) is 0. The van der Waals surface area contributed by atoms with Crippen molar-refractivity contribution in [3.8, 4) is 5.75 Å². The van der Waals surface area contributed by atoms with Crippen molar-refractivity contribution >= 4 is 50.0 Å². The van der Waals surface area contributed by atoms with Crippen LogP contribution in [-0.4, -0.2) is 16.2 Å². The largest absolute Gasteiger partial charge is 0.507 e. The molecule has 72 valence electrons. The van der Waals surface area contributed by atoms with E-state index in [-0.39, 0.29) is 11.3 Å². The average molecular weight is 320 g/mol. The van der Waals surface area contributed by atoms with Gasteiger partial charge in [-0.2, -0.15) is 0 Å². The fourth-order valence-electron chi connectivity index (χ4n) is 1.26.